The van der Waals surface area contributed by atoms with Gasteiger partial charge in [0.25, 0.3) is 0 Å². The van der Waals surface area contributed by atoms with Crippen molar-refractivity contribution in [2.24, 2.45) is 0 Å². The number of hydrogen-bond acceptors (Lipinski definition) is 2. The van der Waals surface area contributed by atoms with Crippen molar-refractivity contribution >= 4 is 0 Å². The highest BCUT2D eigenvalue weighted by Crippen LogP contribution is 2.38. The van der Waals surface area contributed by atoms with E-state index in [1.54, 1.807) is 6.33 Å². The van der Waals surface area contributed by atoms with E-state index in [0.717, 1.165) is 38.1 Å². The Morgan fingerprint density at radius 1 is 0.733 bits per heavy atom. The monoisotopic (exact) mass is 395 g/mol. The average molecular weight is 396 g/mol. The summed E-state index contributed by atoms with van der Waals surface area (Å²) in [6, 6.07) is 32.3. The fourth-order valence-electron chi connectivity index (χ4n) is 4.31. The fraction of sp³-hybridized carbons (Fsp3) is 0.259. The highest BCUT2D eigenvalue weighted by atomic mass is 15.3. The van der Waals surface area contributed by atoms with Crippen LogP contribution in [-0.2, 0) is 24.8 Å². The van der Waals surface area contributed by atoms with Crippen LogP contribution in [0.15, 0.2) is 97.3 Å². The number of aromatic nitrogens is 3. The summed E-state index contributed by atoms with van der Waals surface area (Å²) < 4.78 is 2.13. The SMILES string of the molecule is CCCCn1ncnc1C(Cc1ccccc1)(Cc1ccccc1)c1ccccc1. The van der Waals surface area contributed by atoms with Gasteiger partial charge < -0.3 is 0 Å². The number of hydrogen-bond donors (Lipinski definition) is 0. The van der Waals surface area contributed by atoms with E-state index in [2.05, 4.69) is 108 Å². The van der Waals surface area contributed by atoms with E-state index in [-0.39, 0.29) is 5.41 Å². The topological polar surface area (TPSA) is 30.7 Å². The maximum Gasteiger partial charge on any atom is 0.138 e. The van der Waals surface area contributed by atoms with Gasteiger partial charge in [-0.25, -0.2) is 9.67 Å². The fourth-order valence-corrected chi connectivity index (χ4v) is 4.31. The molecule has 0 N–H and O–H groups in total. The average Bonchev–Trinajstić information content (AvgIpc) is 3.28. The minimum atomic E-state index is -0.297. The van der Waals surface area contributed by atoms with Gasteiger partial charge in [0, 0.05) is 6.54 Å². The summed E-state index contributed by atoms with van der Waals surface area (Å²) in [6.45, 7) is 3.11. The molecule has 30 heavy (non-hydrogen) atoms. The minimum absolute atomic E-state index is 0.297. The highest BCUT2D eigenvalue weighted by molar-refractivity contribution is 5.39. The molecule has 0 unspecified atom stereocenters. The summed E-state index contributed by atoms with van der Waals surface area (Å²) >= 11 is 0. The lowest BCUT2D eigenvalue weighted by Crippen LogP contribution is -2.37. The molecule has 3 aromatic carbocycles. The summed E-state index contributed by atoms with van der Waals surface area (Å²) in [5, 5.41) is 4.63. The zero-order chi connectivity index (χ0) is 20.7. The summed E-state index contributed by atoms with van der Waals surface area (Å²) in [5.74, 6) is 1.05. The van der Waals surface area contributed by atoms with Crippen molar-refractivity contribution in [3.8, 4) is 0 Å². The number of unbranched alkanes of at least 4 members (excludes halogenated alkanes) is 1. The van der Waals surface area contributed by atoms with Gasteiger partial charge in [0.15, 0.2) is 0 Å². The lowest BCUT2D eigenvalue weighted by Gasteiger charge is -2.34. The van der Waals surface area contributed by atoms with Crippen molar-refractivity contribution < 1.29 is 0 Å². The molecule has 0 aliphatic rings. The number of aryl methyl sites for hydroxylation is 1. The standard InChI is InChI=1S/C27H29N3/c1-2-3-19-30-26(28-22-29-30)27(25-17-11-6-12-18-25,20-23-13-7-4-8-14-23)21-24-15-9-5-10-16-24/h4-18,22H,2-3,19-21H2,1H3. The molecule has 3 nitrogen and oxygen atoms in total. The van der Waals surface area contributed by atoms with Crippen LogP contribution in [-0.4, -0.2) is 14.8 Å². The number of nitrogens with zero attached hydrogens (tertiary/aromatic N) is 3. The molecule has 4 aromatic rings. The first-order chi connectivity index (χ1) is 14.8. The van der Waals surface area contributed by atoms with Crippen LogP contribution in [0.25, 0.3) is 0 Å². The van der Waals surface area contributed by atoms with Gasteiger partial charge in [-0.1, -0.05) is 104 Å². The Bertz CT molecular complexity index is 982. The first kappa shape index (κ1) is 20.1. The van der Waals surface area contributed by atoms with Crippen LogP contribution in [0.3, 0.4) is 0 Å². The summed E-state index contributed by atoms with van der Waals surface area (Å²) in [6.07, 6.45) is 5.70. The molecular formula is C27H29N3. The first-order valence-corrected chi connectivity index (χ1v) is 10.8. The molecule has 0 aliphatic heterocycles. The van der Waals surface area contributed by atoms with Gasteiger partial charge in [-0.15, -0.1) is 0 Å². The van der Waals surface area contributed by atoms with Crippen LogP contribution in [0.1, 0.15) is 42.3 Å². The largest absolute Gasteiger partial charge is 0.249 e. The second-order valence-electron chi connectivity index (χ2n) is 7.93. The Labute approximate surface area is 179 Å². The predicted octanol–water partition coefficient (Wildman–Crippen LogP) is 5.85. The lowest BCUT2D eigenvalue weighted by molar-refractivity contribution is 0.423. The molecule has 0 spiro atoms. The zero-order valence-electron chi connectivity index (χ0n) is 17.6. The van der Waals surface area contributed by atoms with Gasteiger partial charge in [0.2, 0.25) is 0 Å². The Morgan fingerprint density at radius 2 is 1.27 bits per heavy atom. The van der Waals surface area contributed by atoms with E-state index >= 15 is 0 Å². The van der Waals surface area contributed by atoms with Crippen molar-refractivity contribution in [3.63, 3.8) is 0 Å². The molecular weight excluding hydrogens is 366 g/mol. The van der Waals surface area contributed by atoms with E-state index in [1.807, 2.05) is 0 Å². The van der Waals surface area contributed by atoms with E-state index in [9.17, 15) is 0 Å². The quantitative estimate of drug-likeness (QED) is 0.356. The van der Waals surface area contributed by atoms with Gasteiger partial charge in [-0.3, -0.25) is 0 Å². The molecule has 0 amide bonds. The molecule has 0 aliphatic carbocycles. The molecule has 1 aromatic heterocycles. The smallest absolute Gasteiger partial charge is 0.138 e. The minimum Gasteiger partial charge on any atom is -0.249 e. The summed E-state index contributed by atoms with van der Waals surface area (Å²) in [5.41, 5.74) is 3.60. The van der Waals surface area contributed by atoms with Gasteiger partial charge >= 0.3 is 0 Å². The molecule has 0 atom stereocenters. The van der Waals surface area contributed by atoms with Gasteiger partial charge in [-0.05, 0) is 36.0 Å². The molecule has 4 rings (SSSR count). The van der Waals surface area contributed by atoms with Crippen LogP contribution in [0.4, 0.5) is 0 Å². The summed E-state index contributed by atoms with van der Waals surface area (Å²) in [4.78, 5) is 4.86. The van der Waals surface area contributed by atoms with Gasteiger partial charge in [0.05, 0.1) is 5.41 Å². The van der Waals surface area contributed by atoms with Crippen molar-refractivity contribution in [3.05, 3.63) is 120 Å². The highest BCUT2D eigenvalue weighted by Gasteiger charge is 2.39. The molecule has 0 bridgehead atoms. The second-order valence-corrected chi connectivity index (χ2v) is 7.93. The van der Waals surface area contributed by atoms with Crippen LogP contribution in [0.2, 0.25) is 0 Å². The number of rotatable bonds is 9. The predicted molar refractivity (Wildman–Crippen MR) is 122 cm³/mol. The van der Waals surface area contributed by atoms with Crippen LogP contribution in [0.5, 0.6) is 0 Å². The molecule has 1 heterocycles. The van der Waals surface area contributed by atoms with Crippen LogP contribution < -0.4 is 0 Å². The molecule has 0 fully saturated rings. The lowest BCUT2D eigenvalue weighted by atomic mass is 9.70. The van der Waals surface area contributed by atoms with Crippen LogP contribution >= 0.6 is 0 Å². The molecule has 0 saturated carbocycles. The number of benzene rings is 3. The van der Waals surface area contributed by atoms with E-state index in [1.165, 1.54) is 16.7 Å². The van der Waals surface area contributed by atoms with Crippen molar-refractivity contribution in [1.29, 1.82) is 0 Å². The Hall–Kier alpha value is -3.20. The maximum atomic E-state index is 4.86. The Balaban J connectivity index is 1.90. The summed E-state index contributed by atoms with van der Waals surface area (Å²) in [7, 11) is 0. The molecule has 152 valence electrons. The first-order valence-electron chi connectivity index (χ1n) is 10.8. The zero-order valence-corrected chi connectivity index (χ0v) is 17.6. The normalized spacial score (nSPS) is 11.5. The van der Waals surface area contributed by atoms with E-state index in [4.69, 9.17) is 4.98 Å². The second kappa shape index (κ2) is 9.53. The van der Waals surface area contributed by atoms with Crippen molar-refractivity contribution in [1.82, 2.24) is 14.8 Å². The maximum absolute atomic E-state index is 4.86. The van der Waals surface area contributed by atoms with Gasteiger partial charge in [-0.2, -0.15) is 5.10 Å². The Kier molecular flexibility index (Phi) is 6.38. The van der Waals surface area contributed by atoms with Crippen molar-refractivity contribution in [2.75, 3.05) is 0 Å². The molecule has 3 heteroatoms. The van der Waals surface area contributed by atoms with Crippen molar-refractivity contribution in [2.45, 2.75) is 44.6 Å². The van der Waals surface area contributed by atoms with Crippen LogP contribution in [0, 0.1) is 0 Å². The van der Waals surface area contributed by atoms with Gasteiger partial charge in [0.1, 0.15) is 12.2 Å². The third-order valence-corrected chi connectivity index (χ3v) is 5.79. The third-order valence-electron chi connectivity index (χ3n) is 5.79. The van der Waals surface area contributed by atoms with E-state index < -0.39 is 0 Å². The molecule has 0 radical (unpaired) electrons. The third kappa shape index (κ3) is 4.35. The Morgan fingerprint density at radius 3 is 1.80 bits per heavy atom. The molecule has 0 saturated heterocycles. The van der Waals surface area contributed by atoms with E-state index in [0.29, 0.717) is 0 Å².